The monoisotopic (exact) mass is 228 g/mol. The van der Waals surface area contributed by atoms with E-state index in [1.807, 2.05) is 0 Å². The van der Waals surface area contributed by atoms with E-state index in [0.29, 0.717) is 26.1 Å². The minimum atomic E-state index is -1.16. The predicted molar refractivity (Wildman–Crippen MR) is 55.1 cm³/mol. The molecule has 16 heavy (non-hydrogen) atoms. The molecule has 1 aliphatic heterocycles. The highest BCUT2D eigenvalue weighted by molar-refractivity contribution is 5.86. The molecular weight excluding hydrogens is 212 g/mol. The first-order valence-electron chi connectivity index (χ1n) is 5.52. The van der Waals surface area contributed by atoms with Crippen molar-refractivity contribution in [3.8, 4) is 0 Å². The summed E-state index contributed by atoms with van der Waals surface area (Å²) >= 11 is 0. The normalized spacial score (nSPS) is 23.5. The molecule has 0 bridgehead atoms. The van der Waals surface area contributed by atoms with E-state index in [4.69, 9.17) is 4.74 Å². The van der Waals surface area contributed by atoms with Crippen molar-refractivity contribution in [2.45, 2.75) is 37.3 Å². The summed E-state index contributed by atoms with van der Waals surface area (Å²) in [6.07, 6.45) is 2.61. The lowest BCUT2D eigenvalue weighted by atomic mass is 9.90. The second kappa shape index (κ2) is 4.29. The Morgan fingerprint density at radius 1 is 1.25 bits per heavy atom. The van der Waals surface area contributed by atoms with Crippen LogP contribution in [0.1, 0.15) is 25.7 Å². The van der Waals surface area contributed by atoms with Crippen molar-refractivity contribution >= 4 is 12.0 Å². The first-order chi connectivity index (χ1) is 7.62. The molecule has 1 saturated carbocycles. The average Bonchev–Trinajstić information content (AvgIpc) is 3.02. The largest absolute Gasteiger partial charge is 0.480 e. The number of rotatable bonds is 3. The minimum absolute atomic E-state index is 0.227. The lowest BCUT2D eigenvalue weighted by Crippen LogP contribution is -2.59. The Kier molecular flexibility index (Phi) is 3.00. The van der Waals surface area contributed by atoms with Gasteiger partial charge in [-0.1, -0.05) is 0 Å². The third-order valence-electron chi connectivity index (χ3n) is 3.02. The lowest BCUT2D eigenvalue weighted by molar-refractivity contribution is -0.148. The van der Waals surface area contributed by atoms with Crippen LogP contribution in [-0.2, 0) is 9.53 Å². The predicted octanol–water partition coefficient (Wildman–Crippen LogP) is 0.0818. The molecule has 90 valence electrons. The summed E-state index contributed by atoms with van der Waals surface area (Å²) in [5.41, 5.74) is -1.16. The number of urea groups is 1. The number of amides is 2. The van der Waals surface area contributed by atoms with Crippen LogP contribution in [-0.4, -0.2) is 41.9 Å². The highest BCUT2D eigenvalue weighted by Crippen LogP contribution is 2.22. The number of carbonyl (C=O) groups excluding carboxylic acids is 1. The standard InChI is InChI=1S/C10H16N2O4/c13-8(14)10(3-5-16-6-4-10)12-9(15)11-7-1-2-7/h7H,1-6H2,(H,13,14)(H2,11,12,15). The Labute approximate surface area is 93.3 Å². The van der Waals surface area contributed by atoms with Crippen molar-refractivity contribution in [2.75, 3.05) is 13.2 Å². The van der Waals surface area contributed by atoms with E-state index in [9.17, 15) is 14.7 Å². The summed E-state index contributed by atoms with van der Waals surface area (Å²) in [5.74, 6) is -0.984. The molecular formula is C10H16N2O4. The summed E-state index contributed by atoms with van der Waals surface area (Å²) in [7, 11) is 0. The van der Waals surface area contributed by atoms with Crippen LogP contribution in [0.3, 0.4) is 0 Å². The third kappa shape index (κ3) is 2.44. The van der Waals surface area contributed by atoms with Gasteiger partial charge in [-0.2, -0.15) is 0 Å². The molecule has 0 aromatic carbocycles. The molecule has 6 nitrogen and oxygen atoms in total. The Balaban J connectivity index is 1.95. The number of nitrogens with one attached hydrogen (secondary N) is 2. The Morgan fingerprint density at radius 3 is 2.38 bits per heavy atom. The van der Waals surface area contributed by atoms with Gasteiger partial charge >= 0.3 is 12.0 Å². The Hall–Kier alpha value is -1.30. The fourth-order valence-corrected chi connectivity index (χ4v) is 1.78. The molecule has 6 heteroatoms. The summed E-state index contributed by atoms with van der Waals surface area (Å²) in [6.45, 7) is 0.742. The molecule has 2 rings (SSSR count). The molecule has 0 atom stereocenters. The number of ether oxygens (including phenoxy) is 1. The maximum Gasteiger partial charge on any atom is 0.329 e. The van der Waals surface area contributed by atoms with Crippen molar-refractivity contribution < 1.29 is 19.4 Å². The topological polar surface area (TPSA) is 87.7 Å². The van der Waals surface area contributed by atoms with Crippen LogP contribution >= 0.6 is 0 Å². The van der Waals surface area contributed by atoms with E-state index < -0.39 is 11.5 Å². The zero-order valence-corrected chi connectivity index (χ0v) is 8.99. The summed E-state index contributed by atoms with van der Waals surface area (Å²) in [6, 6.07) is -0.155. The summed E-state index contributed by atoms with van der Waals surface area (Å²) in [5, 5.41) is 14.5. The number of hydrogen-bond donors (Lipinski definition) is 3. The quantitative estimate of drug-likeness (QED) is 0.638. The van der Waals surface area contributed by atoms with E-state index in [-0.39, 0.29) is 12.1 Å². The smallest absolute Gasteiger partial charge is 0.329 e. The van der Waals surface area contributed by atoms with E-state index >= 15 is 0 Å². The van der Waals surface area contributed by atoms with Crippen LogP contribution in [0.15, 0.2) is 0 Å². The van der Waals surface area contributed by atoms with E-state index in [1.165, 1.54) is 0 Å². The number of carboxylic acid groups (broad SMARTS) is 1. The van der Waals surface area contributed by atoms with Gasteiger partial charge in [0.1, 0.15) is 5.54 Å². The molecule has 1 heterocycles. The highest BCUT2D eigenvalue weighted by atomic mass is 16.5. The molecule has 0 radical (unpaired) electrons. The van der Waals surface area contributed by atoms with E-state index in [0.717, 1.165) is 12.8 Å². The molecule has 2 amide bonds. The van der Waals surface area contributed by atoms with Gasteiger partial charge < -0.3 is 20.5 Å². The third-order valence-corrected chi connectivity index (χ3v) is 3.02. The van der Waals surface area contributed by atoms with Gasteiger partial charge in [-0.15, -0.1) is 0 Å². The second-order valence-corrected chi connectivity index (χ2v) is 4.37. The van der Waals surface area contributed by atoms with Gasteiger partial charge in [0.15, 0.2) is 0 Å². The minimum Gasteiger partial charge on any atom is -0.480 e. The Bertz CT molecular complexity index is 295. The number of carboxylic acids is 1. The highest BCUT2D eigenvalue weighted by Gasteiger charge is 2.42. The molecule has 0 aromatic rings. The molecule has 0 spiro atoms. The first-order valence-corrected chi connectivity index (χ1v) is 5.52. The van der Waals surface area contributed by atoms with E-state index in [1.54, 1.807) is 0 Å². The van der Waals surface area contributed by atoms with Crippen molar-refractivity contribution in [3.63, 3.8) is 0 Å². The SMILES string of the molecule is O=C(NC1CC1)NC1(C(=O)O)CCOCC1. The van der Waals surface area contributed by atoms with Crippen LogP contribution in [0.25, 0.3) is 0 Å². The maximum atomic E-state index is 11.5. The Morgan fingerprint density at radius 2 is 1.88 bits per heavy atom. The zero-order chi connectivity index (χ0) is 11.6. The molecule has 2 aliphatic rings. The average molecular weight is 228 g/mol. The van der Waals surface area contributed by atoms with Crippen LogP contribution < -0.4 is 10.6 Å². The van der Waals surface area contributed by atoms with Crippen LogP contribution in [0, 0.1) is 0 Å². The fourth-order valence-electron chi connectivity index (χ4n) is 1.78. The number of aliphatic carboxylic acids is 1. The van der Waals surface area contributed by atoms with Gasteiger partial charge in [0.25, 0.3) is 0 Å². The van der Waals surface area contributed by atoms with Gasteiger partial charge in [-0.05, 0) is 12.8 Å². The van der Waals surface area contributed by atoms with Gasteiger partial charge in [0, 0.05) is 32.1 Å². The van der Waals surface area contributed by atoms with Crippen LogP contribution in [0.4, 0.5) is 4.79 Å². The van der Waals surface area contributed by atoms with Gasteiger partial charge in [0.05, 0.1) is 0 Å². The van der Waals surface area contributed by atoms with Crippen molar-refractivity contribution in [1.29, 1.82) is 0 Å². The zero-order valence-electron chi connectivity index (χ0n) is 8.99. The van der Waals surface area contributed by atoms with Gasteiger partial charge in [-0.25, -0.2) is 9.59 Å². The van der Waals surface area contributed by atoms with Crippen molar-refractivity contribution in [1.82, 2.24) is 10.6 Å². The number of carbonyl (C=O) groups is 2. The lowest BCUT2D eigenvalue weighted by Gasteiger charge is -2.33. The second-order valence-electron chi connectivity index (χ2n) is 4.37. The molecule has 1 aliphatic carbocycles. The molecule has 3 N–H and O–H groups in total. The van der Waals surface area contributed by atoms with Gasteiger partial charge in [0.2, 0.25) is 0 Å². The van der Waals surface area contributed by atoms with Crippen LogP contribution in [0.5, 0.6) is 0 Å². The molecule has 0 aromatic heterocycles. The molecule has 0 unspecified atom stereocenters. The summed E-state index contributed by atoms with van der Waals surface area (Å²) < 4.78 is 5.11. The summed E-state index contributed by atoms with van der Waals surface area (Å²) in [4.78, 5) is 22.8. The molecule has 2 fully saturated rings. The first kappa shape index (κ1) is 11.2. The van der Waals surface area contributed by atoms with Crippen molar-refractivity contribution in [3.05, 3.63) is 0 Å². The van der Waals surface area contributed by atoms with Crippen LogP contribution in [0.2, 0.25) is 0 Å². The molecule has 1 saturated heterocycles. The van der Waals surface area contributed by atoms with Crippen molar-refractivity contribution in [2.24, 2.45) is 0 Å². The fraction of sp³-hybridized carbons (Fsp3) is 0.800. The number of hydrogen-bond acceptors (Lipinski definition) is 3. The maximum absolute atomic E-state index is 11.5. The van der Waals surface area contributed by atoms with Gasteiger partial charge in [-0.3, -0.25) is 0 Å². The van der Waals surface area contributed by atoms with E-state index in [2.05, 4.69) is 10.6 Å².